The van der Waals surface area contributed by atoms with E-state index in [0.717, 1.165) is 32.7 Å². The van der Waals surface area contributed by atoms with Gasteiger partial charge in [-0.2, -0.15) is 0 Å². The van der Waals surface area contributed by atoms with Gasteiger partial charge in [-0.25, -0.2) is 0 Å². The highest BCUT2D eigenvalue weighted by Gasteiger charge is 2.35. The molecule has 2 aliphatic heterocycles. The van der Waals surface area contributed by atoms with E-state index in [0.29, 0.717) is 13.0 Å². The smallest absolute Gasteiger partial charge is 0.228 e. The predicted octanol–water partition coefficient (Wildman–Crippen LogP) is 0.204. The number of carbonyl (C=O) groups is 2. The molecule has 3 rings (SSSR count). The summed E-state index contributed by atoms with van der Waals surface area (Å²) in [6.07, 6.45) is 3.98. The summed E-state index contributed by atoms with van der Waals surface area (Å²) in [6.45, 7) is 4.72. The summed E-state index contributed by atoms with van der Waals surface area (Å²) in [4.78, 5) is 34.0. The zero-order chi connectivity index (χ0) is 15.5. The van der Waals surface area contributed by atoms with Crippen LogP contribution >= 0.6 is 0 Å². The minimum atomic E-state index is -0.149. The van der Waals surface area contributed by atoms with Crippen molar-refractivity contribution >= 4 is 11.8 Å². The maximum absolute atomic E-state index is 12.5. The lowest BCUT2D eigenvalue weighted by molar-refractivity contribution is -0.137. The molecule has 1 aromatic rings. The third-order valence-corrected chi connectivity index (χ3v) is 4.53. The van der Waals surface area contributed by atoms with Gasteiger partial charge in [0.05, 0.1) is 5.92 Å². The molecule has 0 N–H and O–H groups in total. The highest BCUT2D eigenvalue weighted by molar-refractivity contribution is 5.89. The summed E-state index contributed by atoms with van der Waals surface area (Å²) in [5, 5.41) is 0. The second kappa shape index (κ2) is 6.44. The van der Waals surface area contributed by atoms with Crippen molar-refractivity contribution in [2.75, 3.05) is 39.8 Å². The van der Waals surface area contributed by atoms with Crippen molar-refractivity contribution in [2.45, 2.75) is 13.0 Å². The van der Waals surface area contributed by atoms with Crippen molar-refractivity contribution in [3.63, 3.8) is 0 Å². The van der Waals surface area contributed by atoms with E-state index in [9.17, 15) is 9.59 Å². The third kappa shape index (κ3) is 3.27. The molecule has 0 bridgehead atoms. The van der Waals surface area contributed by atoms with Crippen molar-refractivity contribution in [3.8, 4) is 0 Å². The van der Waals surface area contributed by atoms with Gasteiger partial charge in [0.15, 0.2) is 0 Å². The molecule has 0 aromatic carbocycles. The molecule has 6 nitrogen and oxygen atoms in total. The quantitative estimate of drug-likeness (QED) is 0.801. The van der Waals surface area contributed by atoms with E-state index in [2.05, 4.69) is 9.88 Å². The lowest BCUT2D eigenvalue weighted by Crippen LogP contribution is -2.50. The van der Waals surface area contributed by atoms with Gasteiger partial charge < -0.3 is 9.80 Å². The number of amides is 2. The molecule has 2 fully saturated rings. The number of nitrogens with zero attached hydrogens (tertiary/aromatic N) is 4. The van der Waals surface area contributed by atoms with Crippen LogP contribution in [0, 0.1) is 5.92 Å². The topological polar surface area (TPSA) is 56.8 Å². The zero-order valence-corrected chi connectivity index (χ0v) is 12.9. The van der Waals surface area contributed by atoms with Gasteiger partial charge in [0, 0.05) is 65.1 Å². The Hall–Kier alpha value is -1.95. The Kier molecular flexibility index (Phi) is 4.38. The molecule has 0 radical (unpaired) electrons. The first-order valence-corrected chi connectivity index (χ1v) is 7.77. The third-order valence-electron chi connectivity index (χ3n) is 4.53. The lowest BCUT2D eigenvalue weighted by Gasteiger charge is -2.35. The summed E-state index contributed by atoms with van der Waals surface area (Å²) < 4.78 is 0. The summed E-state index contributed by atoms with van der Waals surface area (Å²) in [6, 6.07) is 4.05. The van der Waals surface area contributed by atoms with Crippen LogP contribution in [0.2, 0.25) is 0 Å². The van der Waals surface area contributed by atoms with Gasteiger partial charge in [-0.15, -0.1) is 0 Å². The van der Waals surface area contributed by atoms with E-state index in [4.69, 9.17) is 0 Å². The largest absolute Gasteiger partial charge is 0.345 e. The Balaban J connectivity index is 1.49. The second-order valence-electron chi connectivity index (χ2n) is 6.13. The molecule has 3 heterocycles. The first-order chi connectivity index (χ1) is 10.6. The van der Waals surface area contributed by atoms with Crippen molar-refractivity contribution in [3.05, 3.63) is 30.1 Å². The van der Waals surface area contributed by atoms with Crippen LogP contribution in [0.5, 0.6) is 0 Å². The normalized spacial score (nSPS) is 23.1. The Bertz CT molecular complexity index is 540. The van der Waals surface area contributed by atoms with Crippen LogP contribution in [-0.4, -0.2) is 71.3 Å². The molecule has 0 spiro atoms. The highest BCUT2D eigenvalue weighted by atomic mass is 16.2. The first-order valence-electron chi connectivity index (χ1n) is 7.77. The van der Waals surface area contributed by atoms with E-state index in [-0.39, 0.29) is 17.7 Å². The van der Waals surface area contributed by atoms with Gasteiger partial charge in [-0.3, -0.25) is 19.5 Å². The molecule has 1 atom stereocenters. The van der Waals surface area contributed by atoms with E-state index < -0.39 is 0 Å². The van der Waals surface area contributed by atoms with Gasteiger partial charge in [-0.05, 0) is 17.7 Å². The van der Waals surface area contributed by atoms with Crippen LogP contribution in [0.1, 0.15) is 12.0 Å². The molecule has 22 heavy (non-hydrogen) atoms. The van der Waals surface area contributed by atoms with Crippen molar-refractivity contribution < 1.29 is 9.59 Å². The standard InChI is InChI=1S/C16H22N4O2/c1-18-12-14(10-15(18)21)16(22)20-8-6-19(7-9-20)11-13-2-4-17-5-3-13/h2-5,14H,6-12H2,1H3/t14-/m1/s1. The zero-order valence-electron chi connectivity index (χ0n) is 12.9. The molecule has 0 aliphatic carbocycles. The Morgan fingerprint density at radius 3 is 2.50 bits per heavy atom. The lowest BCUT2D eigenvalue weighted by atomic mass is 10.1. The second-order valence-corrected chi connectivity index (χ2v) is 6.13. The average molecular weight is 302 g/mol. The molecule has 2 amide bonds. The van der Waals surface area contributed by atoms with Gasteiger partial charge in [0.1, 0.15) is 0 Å². The molecule has 6 heteroatoms. The van der Waals surface area contributed by atoms with Gasteiger partial charge in [0.25, 0.3) is 0 Å². The number of likely N-dealkylation sites (tertiary alicyclic amines) is 1. The van der Waals surface area contributed by atoms with Crippen molar-refractivity contribution in [2.24, 2.45) is 5.92 Å². The van der Waals surface area contributed by atoms with Crippen LogP contribution < -0.4 is 0 Å². The molecule has 1 aromatic heterocycles. The van der Waals surface area contributed by atoms with Crippen LogP contribution in [0.15, 0.2) is 24.5 Å². The van der Waals surface area contributed by atoms with E-state index in [1.165, 1.54) is 5.56 Å². The fourth-order valence-corrected chi connectivity index (χ4v) is 3.16. The molecular weight excluding hydrogens is 280 g/mol. The van der Waals surface area contributed by atoms with Crippen LogP contribution in [0.4, 0.5) is 0 Å². The fourth-order valence-electron chi connectivity index (χ4n) is 3.16. The maximum atomic E-state index is 12.5. The Labute approximate surface area is 130 Å². The van der Waals surface area contributed by atoms with Crippen LogP contribution in [0.25, 0.3) is 0 Å². The number of carbonyl (C=O) groups excluding carboxylic acids is 2. The minimum absolute atomic E-state index is 0.0784. The molecule has 0 unspecified atom stereocenters. The first kappa shape index (κ1) is 15.0. The predicted molar refractivity (Wildman–Crippen MR) is 81.8 cm³/mol. The van der Waals surface area contributed by atoms with Crippen molar-refractivity contribution in [1.29, 1.82) is 0 Å². The van der Waals surface area contributed by atoms with E-state index in [1.54, 1.807) is 11.9 Å². The molecule has 2 saturated heterocycles. The summed E-state index contributed by atoms with van der Waals surface area (Å²) in [5.74, 6) is 0.0696. The molecular formula is C16H22N4O2. The number of aromatic nitrogens is 1. The molecule has 2 aliphatic rings. The maximum Gasteiger partial charge on any atom is 0.228 e. The van der Waals surface area contributed by atoms with Gasteiger partial charge >= 0.3 is 0 Å². The Morgan fingerprint density at radius 2 is 1.91 bits per heavy atom. The van der Waals surface area contributed by atoms with Gasteiger partial charge in [-0.1, -0.05) is 0 Å². The summed E-state index contributed by atoms with van der Waals surface area (Å²) in [7, 11) is 1.77. The number of piperazine rings is 1. The van der Waals surface area contributed by atoms with Crippen LogP contribution in [-0.2, 0) is 16.1 Å². The number of rotatable bonds is 3. The molecule has 118 valence electrons. The van der Waals surface area contributed by atoms with E-state index >= 15 is 0 Å². The summed E-state index contributed by atoms with van der Waals surface area (Å²) >= 11 is 0. The van der Waals surface area contributed by atoms with Crippen LogP contribution in [0.3, 0.4) is 0 Å². The SMILES string of the molecule is CN1C[C@H](C(=O)N2CCN(Cc3ccncc3)CC2)CC1=O. The number of hydrogen-bond acceptors (Lipinski definition) is 4. The van der Waals surface area contributed by atoms with Crippen molar-refractivity contribution in [1.82, 2.24) is 19.7 Å². The fraction of sp³-hybridized carbons (Fsp3) is 0.562. The monoisotopic (exact) mass is 302 g/mol. The Morgan fingerprint density at radius 1 is 1.23 bits per heavy atom. The number of hydrogen-bond donors (Lipinski definition) is 0. The summed E-state index contributed by atoms with van der Waals surface area (Å²) in [5.41, 5.74) is 1.25. The minimum Gasteiger partial charge on any atom is -0.345 e. The number of pyridine rings is 1. The molecule has 0 saturated carbocycles. The van der Waals surface area contributed by atoms with E-state index in [1.807, 2.05) is 29.4 Å². The average Bonchev–Trinajstić information content (AvgIpc) is 2.88. The van der Waals surface area contributed by atoms with Gasteiger partial charge in [0.2, 0.25) is 11.8 Å². The highest BCUT2D eigenvalue weighted by Crippen LogP contribution is 2.19.